The van der Waals surface area contributed by atoms with E-state index in [1.54, 1.807) is 19.2 Å². The van der Waals surface area contributed by atoms with Gasteiger partial charge in [0.1, 0.15) is 5.01 Å². The summed E-state index contributed by atoms with van der Waals surface area (Å²) in [6.45, 7) is 7.09. The molecule has 0 atom stereocenters. The van der Waals surface area contributed by atoms with E-state index in [9.17, 15) is 8.42 Å². The standard InChI is InChI=1S/C17H24N2O3S2/c1-17(2,3)13-5-7-15(8-6-13)24(20,21)18-10-9-14-12-23-16(19-14)11-22-4/h5-8,12,18H,9-11H2,1-4H3. The Bertz CT molecular complexity index is 760. The van der Waals surface area contributed by atoms with Gasteiger partial charge in [-0.1, -0.05) is 32.9 Å². The molecular weight excluding hydrogens is 344 g/mol. The Labute approximate surface area is 148 Å². The second kappa shape index (κ2) is 7.74. The highest BCUT2D eigenvalue weighted by Gasteiger charge is 2.17. The summed E-state index contributed by atoms with van der Waals surface area (Å²) in [6, 6.07) is 7.04. The van der Waals surface area contributed by atoms with E-state index in [2.05, 4.69) is 30.5 Å². The number of methoxy groups -OCH3 is 1. The average Bonchev–Trinajstić information content (AvgIpc) is 2.94. The lowest BCUT2D eigenvalue weighted by Gasteiger charge is -2.19. The van der Waals surface area contributed by atoms with Crippen molar-refractivity contribution in [1.29, 1.82) is 0 Å². The molecule has 1 heterocycles. The van der Waals surface area contributed by atoms with Crippen LogP contribution >= 0.6 is 11.3 Å². The van der Waals surface area contributed by atoms with E-state index in [-0.39, 0.29) is 10.3 Å². The molecule has 5 nitrogen and oxygen atoms in total. The highest BCUT2D eigenvalue weighted by molar-refractivity contribution is 7.89. The number of ether oxygens (including phenoxy) is 1. The first kappa shape index (κ1) is 19.1. The zero-order valence-electron chi connectivity index (χ0n) is 14.5. The second-order valence-electron chi connectivity index (χ2n) is 6.59. The Morgan fingerprint density at radius 2 is 1.88 bits per heavy atom. The molecule has 1 aromatic heterocycles. The molecule has 0 aliphatic heterocycles. The lowest BCUT2D eigenvalue weighted by molar-refractivity contribution is 0.184. The number of rotatable bonds is 7. The third-order valence-electron chi connectivity index (χ3n) is 3.57. The molecule has 0 aliphatic carbocycles. The largest absolute Gasteiger partial charge is 0.378 e. The van der Waals surface area contributed by atoms with Gasteiger partial charge in [0, 0.05) is 25.5 Å². The number of nitrogens with zero attached hydrogens (tertiary/aromatic N) is 1. The fourth-order valence-electron chi connectivity index (χ4n) is 2.18. The lowest BCUT2D eigenvalue weighted by atomic mass is 9.87. The van der Waals surface area contributed by atoms with Crippen LogP contribution in [0.4, 0.5) is 0 Å². The SMILES string of the molecule is COCc1nc(CCNS(=O)(=O)c2ccc(C(C)(C)C)cc2)cs1. The van der Waals surface area contributed by atoms with Crippen LogP contribution in [-0.2, 0) is 33.2 Å². The number of sulfonamides is 1. The number of thiazole rings is 1. The first-order valence-corrected chi connectivity index (χ1v) is 10.1. The van der Waals surface area contributed by atoms with E-state index >= 15 is 0 Å². The molecular formula is C17H24N2O3S2. The van der Waals surface area contributed by atoms with Gasteiger partial charge in [0.15, 0.2) is 0 Å². The maximum absolute atomic E-state index is 12.3. The molecule has 0 amide bonds. The van der Waals surface area contributed by atoms with Crippen LogP contribution in [0.5, 0.6) is 0 Å². The summed E-state index contributed by atoms with van der Waals surface area (Å²) >= 11 is 1.52. The molecule has 0 saturated carbocycles. The quantitative estimate of drug-likeness (QED) is 0.815. The predicted octanol–water partition coefficient (Wildman–Crippen LogP) is 3.11. The molecule has 132 valence electrons. The highest BCUT2D eigenvalue weighted by atomic mass is 32.2. The third kappa shape index (κ3) is 5.11. The van der Waals surface area contributed by atoms with Gasteiger partial charge in [-0.2, -0.15) is 0 Å². The van der Waals surface area contributed by atoms with E-state index in [1.165, 1.54) is 11.3 Å². The van der Waals surface area contributed by atoms with Crippen LogP contribution < -0.4 is 4.72 Å². The number of nitrogens with one attached hydrogen (secondary N) is 1. The van der Waals surface area contributed by atoms with Crippen LogP contribution in [0.2, 0.25) is 0 Å². The molecule has 0 bridgehead atoms. The normalized spacial score (nSPS) is 12.5. The molecule has 0 saturated heterocycles. The van der Waals surface area contributed by atoms with Crippen LogP contribution in [-0.4, -0.2) is 27.1 Å². The Balaban J connectivity index is 1.95. The summed E-state index contributed by atoms with van der Waals surface area (Å²) in [5.41, 5.74) is 1.98. The Kier molecular flexibility index (Phi) is 6.14. The van der Waals surface area contributed by atoms with Crippen molar-refractivity contribution in [3.05, 3.63) is 45.9 Å². The fraction of sp³-hybridized carbons (Fsp3) is 0.471. The first-order chi connectivity index (χ1) is 11.2. The van der Waals surface area contributed by atoms with Gasteiger partial charge >= 0.3 is 0 Å². The molecule has 7 heteroatoms. The summed E-state index contributed by atoms with van der Waals surface area (Å²) in [4.78, 5) is 4.68. The number of aromatic nitrogens is 1. The monoisotopic (exact) mass is 368 g/mol. The summed E-state index contributed by atoms with van der Waals surface area (Å²) in [6.07, 6.45) is 0.555. The summed E-state index contributed by atoms with van der Waals surface area (Å²) in [5.74, 6) is 0. The van der Waals surface area contributed by atoms with Gasteiger partial charge in [-0.15, -0.1) is 11.3 Å². The average molecular weight is 369 g/mol. The molecule has 0 spiro atoms. The molecule has 2 rings (SSSR count). The molecule has 24 heavy (non-hydrogen) atoms. The zero-order valence-corrected chi connectivity index (χ0v) is 16.1. The number of benzene rings is 1. The zero-order chi connectivity index (χ0) is 17.8. The first-order valence-electron chi connectivity index (χ1n) is 7.75. The van der Waals surface area contributed by atoms with E-state index in [4.69, 9.17) is 4.74 Å². The van der Waals surface area contributed by atoms with Crippen molar-refractivity contribution in [3.63, 3.8) is 0 Å². The second-order valence-corrected chi connectivity index (χ2v) is 9.30. The number of hydrogen-bond acceptors (Lipinski definition) is 5. The van der Waals surface area contributed by atoms with Gasteiger partial charge in [0.2, 0.25) is 10.0 Å². The van der Waals surface area contributed by atoms with Crippen molar-refractivity contribution in [2.45, 2.75) is 44.1 Å². The molecule has 0 aliphatic rings. The highest BCUT2D eigenvalue weighted by Crippen LogP contribution is 2.23. The van der Waals surface area contributed by atoms with Gasteiger partial charge in [0.05, 0.1) is 17.2 Å². The van der Waals surface area contributed by atoms with Crippen LogP contribution in [0, 0.1) is 0 Å². The minimum atomic E-state index is -3.50. The predicted molar refractivity (Wildman–Crippen MR) is 96.9 cm³/mol. The third-order valence-corrected chi connectivity index (χ3v) is 5.92. The minimum Gasteiger partial charge on any atom is -0.378 e. The van der Waals surface area contributed by atoms with Crippen molar-refractivity contribution >= 4 is 21.4 Å². The van der Waals surface area contributed by atoms with Gasteiger partial charge < -0.3 is 4.74 Å². The van der Waals surface area contributed by atoms with Crippen LogP contribution in [0.25, 0.3) is 0 Å². The van der Waals surface area contributed by atoms with E-state index in [1.807, 2.05) is 17.5 Å². The molecule has 0 radical (unpaired) electrons. The van der Waals surface area contributed by atoms with Gasteiger partial charge in [0.25, 0.3) is 0 Å². The van der Waals surface area contributed by atoms with E-state index in [0.29, 0.717) is 19.6 Å². The van der Waals surface area contributed by atoms with E-state index in [0.717, 1.165) is 16.3 Å². The molecule has 1 N–H and O–H groups in total. The smallest absolute Gasteiger partial charge is 0.240 e. The minimum absolute atomic E-state index is 0.000248. The van der Waals surface area contributed by atoms with Gasteiger partial charge in [-0.05, 0) is 23.1 Å². The number of hydrogen-bond donors (Lipinski definition) is 1. The Morgan fingerprint density at radius 1 is 1.21 bits per heavy atom. The van der Waals surface area contributed by atoms with Crippen LogP contribution in [0.1, 0.15) is 37.0 Å². The van der Waals surface area contributed by atoms with Crippen molar-refractivity contribution < 1.29 is 13.2 Å². The molecule has 2 aromatic rings. The van der Waals surface area contributed by atoms with Crippen molar-refractivity contribution in [1.82, 2.24) is 9.71 Å². The van der Waals surface area contributed by atoms with Crippen molar-refractivity contribution in [2.75, 3.05) is 13.7 Å². The van der Waals surface area contributed by atoms with Gasteiger partial charge in [-0.25, -0.2) is 18.1 Å². The Hall–Kier alpha value is -1.28. The maximum Gasteiger partial charge on any atom is 0.240 e. The van der Waals surface area contributed by atoms with Crippen LogP contribution in [0.15, 0.2) is 34.5 Å². The van der Waals surface area contributed by atoms with Crippen molar-refractivity contribution in [2.24, 2.45) is 0 Å². The Morgan fingerprint density at radius 3 is 2.46 bits per heavy atom. The lowest BCUT2D eigenvalue weighted by Crippen LogP contribution is -2.26. The molecule has 1 aromatic carbocycles. The molecule has 0 unspecified atom stereocenters. The van der Waals surface area contributed by atoms with E-state index < -0.39 is 10.0 Å². The topological polar surface area (TPSA) is 68.3 Å². The summed E-state index contributed by atoms with van der Waals surface area (Å²) in [7, 11) is -1.87. The van der Waals surface area contributed by atoms with Gasteiger partial charge in [-0.3, -0.25) is 0 Å². The van der Waals surface area contributed by atoms with Crippen LogP contribution in [0.3, 0.4) is 0 Å². The summed E-state index contributed by atoms with van der Waals surface area (Å²) in [5, 5.41) is 2.83. The maximum atomic E-state index is 12.3. The molecule has 0 fully saturated rings. The summed E-state index contributed by atoms with van der Waals surface area (Å²) < 4.78 is 32.3. The van der Waals surface area contributed by atoms with Crippen molar-refractivity contribution in [3.8, 4) is 0 Å². The fourth-order valence-corrected chi connectivity index (χ4v) is 4.01.